The average Bonchev–Trinajstić information content (AvgIpc) is 3.35. The molecule has 6 heteroatoms. The zero-order valence-corrected chi connectivity index (χ0v) is 19.9. The van der Waals surface area contributed by atoms with Crippen LogP contribution in [0.15, 0.2) is 48.5 Å². The van der Waals surface area contributed by atoms with Crippen molar-refractivity contribution in [3.63, 3.8) is 0 Å². The lowest BCUT2D eigenvalue weighted by Gasteiger charge is -2.31. The maximum absolute atomic E-state index is 13.3. The molecule has 4 aromatic rings. The zero-order valence-electron chi connectivity index (χ0n) is 19.0. The van der Waals surface area contributed by atoms with E-state index < -0.39 is 0 Å². The highest BCUT2D eigenvalue weighted by molar-refractivity contribution is 7.19. The molecule has 1 amide bonds. The second kappa shape index (κ2) is 8.58. The van der Waals surface area contributed by atoms with Gasteiger partial charge in [0, 0.05) is 38.1 Å². The van der Waals surface area contributed by atoms with Crippen molar-refractivity contribution >= 4 is 38.9 Å². The molecule has 0 spiro atoms. The molecule has 0 N–H and O–H groups in total. The van der Waals surface area contributed by atoms with Gasteiger partial charge in [-0.25, -0.2) is 4.98 Å². The number of hydrogen-bond acceptors (Lipinski definition) is 4. The van der Waals surface area contributed by atoms with Crippen LogP contribution >= 0.6 is 11.3 Å². The van der Waals surface area contributed by atoms with Gasteiger partial charge in [0.25, 0.3) is 5.91 Å². The van der Waals surface area contributed by atoms with E-state index in [1.807, 2.05) is 24.9 Å². The fourth-order valence-electron chi connectivity index (χ4n) is 4.88. The number of carbonyl (C=O) groups is 1. The Morgan fingerprint density at radius 3 is 2.59 bits per heavy atom. The van der Waals surface area contributed by atoms with Crippen molar-refractivity contribution in [3.05, 3.63) is 64.7 Å². The van der Waals surface area contributed by atoms with Crippen molar-refractivity contribution < 1.29 is 4.79 Å². The van der Waals surface area contributed by atoms with Crippen molar-refractivity contribution in [1.29, 1.82) is 0 Å². The van der Waals surface area contributed by atoms with E-state index in [0.717, 1.165) is 51.6 Å². The molecule has 0 aliphatic heterocycles. The summed E-state index contributed by atoms with van der Waals surface area (Å²) >= 11 is 1.51. The van der Waals surface area contributed by atoms with Crippen LogP contribution in [-0.2, 0) is 6.54 Å². The molecule has 1 aliphatic carbocycles. The molecule has 32 heavy (non-hydrogen) atoms. The molecule has 1 saturated carbocycles. The predicted octanol–water partition coefficient (Wildman–Crippen LogP) is 5.90. The van der Waals surface area contributed by atoms with Gasteiger partial charge in [-0.2, -0.15) is 0 Å². The van der Waals surface area contributed by atoms with E-state index in [-0.39, 0.29) is 5.91 Å². The number of thiazole rings is 1. The first-order valence-electron chi connectivity index (χ1n) is 11.5. The van der Waals surface area contributed by atoms with E-state index in [9.17, 15) is 4.79 Å². The third-order valence-electron chi connectivity index (χ3n) is 6.80. The number of amides is 1. The molecular formula is C26H30N4OS. The Morgan fingerprint density at radius 1 is 1.09 bits per heavy atom. The van der Waals surface area contributed by atoms with E-state index >= 15 is 0 Å². The number of nitrogens with zero attached hydrogens (tertiary/aromatic N) is 4. The number of benzene rings is 2. The molecule has 166 valence electrons. The van der Waals surface area contributed by atoms with Gasteiger partial charge in [-0.05, 0) is 43.5 Å². The highest BCUT2D eigenvalue weighted by Crippen LogP contribution is 2.32. The Hall–Kier alpha value is -2.86. The summed E-state index contributed by atoms with van der Waals surface area (Å²) in [6, 6.07) is 17.3. The third kappa shape index (κ3) is 3.77. The second-order valence-corrected chi connectivity index (χ2v) is 9.95. The van der Waals surface area contributed by atoms with Gasteiger partial charge >= 0.3 is 0 Å². The van der Waals surface area contributed by atoms with Crippen LogP contribution in [0, 0.1) is 6.92 Å². The number of aryl methyl sites for hydroxylation is 1. The van der Waals surface area contributed by atoms with Gasteiger partial charge in [-0.15, -0.1) is 0 Å². The average molecular weight is 447 g/mol. The minimum Gasteiger partial charge on any atom is -0.370 e. The summed E-state index contributed by atoms with van der Waals surface area (Å²) in [5.41, 5.74) is 5.43. The minimum atomic E-state index is 0.135. The van der Waals surface area contributed by atoms with E-state index in [0.29, 0.717) is 6.04 Å². The monoisotopic (exact) mass is 446 g/mol. The molecule has 2 aromatic carbocycles. The molecule has 1 fully saturated rings. The summed E-state index contributed by atoms with van der Waals surface area (Å²) in [7, 11) is 4.08. The van der Waals surface area contributed by atoms with Gasteiger partial charge in [-0.1, -0.05) is 60.9 Å². The predicted molar refractivity (Wildman–Crippen MR) is 133 cm³/mol. The van der Waals surface area contributed by atoms with Crippen molar-refractivity contribution in [2.24, 2.45) is 0 Å². The van der Waals surface area contributed by atoms with Crippen LogP contribution < -0.4 is 4.90 Å². The molecule has 0 unspecified atom stereocenters. The number of fused-ring (bicyclic) bond motifs is 3. The number of carbonyl (C=O) groups excluding carboxylic acids is 1. The van der Waals surface area contributed by atoms with Gasteiger partial charge < -0.3 is 9.80 Å². The maximum atomic E-state index is 13.3. The Bertz CT molecular complexity index is 1250. The summed E-state index contributed by atoms with van der Waals surface area (Å²) < 4.78 is 2.15. The number of imidazole rings is 1. The van der Waals surface area contributed by atoms with Crippen molar-refractivity contribution in [2.45, 2.75) is 51.6 Å². The lowest BCUT2D eigenvalue weighted by atomic mass is 9.94. The Balaban J connectivity index is 1.47. The van der Waals surface area contributed by atoms with Gasteiger partial charge in [0.2, 0.25) is 0 Å². The van der Waals surface area contributed by atoms with Gasteiger partial charge in [0.15, 0.2) is 4.96 Å². The molecule has 5 nitrogen and oxygen atoms in total. The molecule has 2 heterocycles. The molecule has 5 rings (SSSR count). The SMILES string of the molecule is Cc1c(C(=O)N(C)C2CCCCC2)sc2nc3ccc(N(C)Cc4ccccc4)cc3n12. The Labute approximate surface area is 193 Å². The first-order chi connectivity index (χ1) is 15.5. The standard InChI is InChI=1S/C26H30N4OS/c1-18-24(25(31)29(3)20-12-8-5-9-13-20)32-26-27-22-15-14-21(16-23(22)30(18)26)28(2)17-19-10-6-4-7-11-19/h4,6-7,10-11,14-16,20H,5,8-9,12-13,17H2,1-3H3. The molecule has 1 aliphatic rings. The lowest BCUT2D eigenvalue weighted by Crippen LogP contribution is -2.38. The highest BCUT2D eigenvalue weighted by Gasteiger charge is 2.27. The molecule has 0 bridgehead atoms. The van der Waals surface area contributed by atoms with E-state index in [1.165, 1.54) is 36.2 Å². The van der Waals surface area contributed by atoms with E-state index in [1.54, 1.807) is 0 Å². The second-order valence-electron chi connectivity index (χ2n) is 8.97. The Morgan fingerprint density at radius 2 is 1.84 bits per heavy atom. The highest BCUT2D eigenvalue weighted by atomic mass is 32.1. The summed E-state index contributed by atoms with van der Waals surface area (Å²) in [4.78, 5) is 24.1. The summed E-state index contributed by atoms with van der Waals surface area (Å²) in [5, 5.41) is 0. The van der Waals surface area contributed by atoms with Crippen LogP contribution in [0.5, 0.6) is 0 Å². The first-order valence-corrected chi connectivity index (χ1v) is 12.3. The van der Waals surface area contributed by atoms with Crippen molar-refractivity contribution in [2.75, 3.05) is 19.0 Å². The smallest absolute Gasteiger partial charge is 0.265 e. The van der Waals surface area contributed by atoms with Crippen LogP contribution in [-0.4, -0.2) is 40.3 Å². The number of aromatic nitrogens is 2. The lowest BCUT2D eigenvalue weighted by molar-refractivity contribution is 0.0700. The normalized spacial score (nSPS) is 14.8. The van der Waals surface area contributed by atoms with Crippen LogP contribution in [0.25, 0.3) is 16.0 Å². The largest absolute Gasteiger partial charge is 0.370 e. The van der Waals surface area contributed by atoms with Crippen molar-refractivity contribution in [1.82, 2.24) is 14.3 Å². The quantitative estimate of drug-likeness (QED) is 0.383. The molecule has 0 radical (unpaired) electrons. The summed E-state index contributed by atoms with van der Waals surface area (Å²) in [6.45, 7) is 2.89. The summed E-state index contributed by atoms with van der Waals surface area (Å²) in [5.74, 6) is 0.135. The fraction of sp³-hybridized carbons (Fsp3) is 0.385. The first kappa shape index (κ1) is 21.0. The Kier molecular flexibility index (Phi) is 5.64. The third-order valence-corrected chi connectivity index (χ3v) is 7.94. The zero-order chi connectivity index (χ0) is 22.2. The van der Waals surface area contributed by atoms with E-state index in [2.05, 4.69) is 58.8 Å². The van der Waals surface area contributed by atoms with Crippen molar-refractivity contribution in [3.8, 4) is 0 Å². The van der Waals surface area contributed by atoms with Crippen LogP contribution in [0.4, 0.5) is 5.69 Å². The molecular weight excluding hydrogens is 416 g/mol. The van der Waals surface area contributed by atoms with Gasteiger partial charge in [-0.3, -0.25) is 9.20 Å². The van der Waals surface area contributed by atoms with Crippen LogP contribution in [0.3, 0.4) is 0 Å². The van der Waals surface area contributed by atoms with Crippen LogP contribution in [0.1, 0.15) is 53.0 Å². The van der Waals surface area contributed by atoms with Gasteiger partial charge in [0.1, 0.15) is 4.88 Å². The minimum absolute atomic E-state index is 0.135. The number of rotatable bonds is 5. The molecule has 0 saturated heterocycles. The van der Waals surface area contributed by atoms with Crippen LogP contribution in [0.2, 0.25) is 0 Å². The molecule has 2 aromatic heterocycles. The topological polar surface area (TPSA) is 40.9 Å². The molecule has 0 atom stereocenters. The van der Waals surface area contributed by atoms with Gasteiger partial charge in [0.05, 0.1) is 11.0 Å². The number of anilines is 1. The van der Waals surface area contributed by atoms with E-state index in [4.69, 9.17) is 4.98 Å². The fourth-order valence-corrected chi connectivity index (χ4v) is 6.00. The number of hydrogen-bond donors (Lipinski definition) is 0. The summed E-state index contributed by atoms with van der Waals surface area (Å²) in [6.07, 6.45) is 5.96. The maximum Gasteiger partial charge on any atom is 0.265 e.